The molecule has 0 aliphatic carbocycles. The molecule has 2 atom stereocenters. The molecule has 0 aromatic carbocycles. The second-order valence-electron chi connectivity index (χ2n) is 5.86. The van der Waals surface area contributed by atoms with Gasteiger partial charge in [0.25, 0.3) is 0 Å². The number of H-pyrrole nitrogens is 2. The van der Waals surface area contributed by atoms with Crippen LogP contribution in [0.25, 0.3) is 0 Å². The molecule has 2 aromatic heterocycles. The van der Waals surface area contributed by atoms with Crippen molar-refractivity contribution in [3.63, 3.8) is 0 Å². The largest absolute Gasteiger partial charge is 0.480 e. The van der Waals surface area contributed by atoms with Gasteiger partial charge < -0.3 is 31.6 Å². The van der Waals surface area contributed by atoms with E-state index in [1.165, 1.54) is 0 Å². The Balaban J connectivity index is 1.77. The van der Waals surface area contributed by atoms with Crippen molar-refractivity contribution in [1.29, 1.82) is 0 Å². The Morgan fingerprint density at radius 2 is 1.32 bits per heavy atom. The highest BCUT2D eigenvalue weighted by Gasteiger charge is 2.15. The van der Waals surface area contributed by atoms with Crippen LogP contribution in [0.2, 0.25) is 0 Å². The summed E-state index contributed by atoms with van der Waals surface area (Å²) in [5, 5.41) is 17.6. The lowest BCUT2D eigenvalue weighted by Crippen LogP contribution is -2.32. The summed E-state index contributed by atoms with van der Waals surface area (Å²) < 4.78 is 0. The van der Waals surface area contributed by atoms with Crippen molar-refractivity contribution in [3.8, 4) is 0 Å². The standard InChI is InChI=1S/C15H22N6O4/c16-10(14(22)23)4-8-6-18-12(20-8)2-1-3-13-19-7-9(21-13)5-11(17)15(24)25/h6-7,10-11H,1-5,16-17H2,(H,18,20)(H,19,21)(H,22,23)(H,24,25). The van der Waals surface area contributed by atoms with Crippen molar-refractivity contribution in [2.75, 3.05) is 0 Å². The molecule has 0 bridgehead atoms. The maximum absolute atomic E-state index is 10.7. The summed E-state index contributed by atoms with van der Waals surface area (Å²) in [6.45, 7) is 0. The van der Waals surface area contributed by atoms with Crippen molar-refractivity contribution >= 4 is 11.9 Å². The number of hydrogen-bond acceptors (Lipinski definition) is 6. The molecule has 0 saturated carbocycles. The van der Waals surface area contributed by atoms with E-state index in [1.807, 2.05) is 0 Å². The number of nitrogens with two attached hydrogens (primary N) is 2. The summed E-state index contributed by atoms with van der Waals surface area (Å²) in [6, 6.07) is -1.90. The minimum atomic E-state index is -1.05. The maximum atomic E-state index is 10.7. The van der Waals surface area contributed by atoms with E-state index in [0.29, 0.717) is 24.2 Å². The Morgan fingerprint density at radius 1 is 0.920 bits per heavy atom. The number of carboxylic acids is 2. The highest BCUT2D eigenvalue weighted by molar-refractivity contribution is 5.73. The van der Waals surface area contributed by atoms with E-state index in [0.717, 1.165) is 18.1 Å². The third-order valence-corrected chi connectivity index (χ3v) is 3.70. The van der Waals surface area contributed by atoms with E-state index in [9.17, 15) is 9.59 Å². The summed E-state index contributed by atoms with van der Waals surface area (Å²) >= 11 is 0. The zero-order chi connectivity index (χ0) is 18.4. The average Bonchev–Trinajstić information content (AvgIpc) is 3.17. The molecule has 136 valence electrons. The molecule has 2 rings (SSSR count). The molecule has 0 saturated heterocycles. The third-order valence-electron chi connectivity index (χ3n) is 3.70. The summed E-state index contributed by atoms with van der Waals surface area (Å²) in [6.07, 6.45) is 5.71. The molecule has 0 fully saturated rings. The summed E-state index contributed by atoms with van der Waals surface area (Å²) in [5.74, 6) is -0.584. The monoisotopic (exact) mass is 350 g/mol. The molecule has 0 amide bonds. The minimum Gasteiger partial charge on any atom is -0.480 e. The number of aromatic amines is 2. The molecular weight excluding hydrogens is 328 g/mol. The Hall–Kier alpha value is -2.72. The lowest BCUT2D eigenvalue weighted by atomic mass is 10.2. The molecule has 10 heteroatoms. The molecule has 8 N–H and O–H groups in total. The van der Waals surface area contributed by atoms with Gasteiger partial charge in [0.15, 0.2) is 0 Å². The Bertz CT molecular complexity index is 665. The van der Waals surface area contributed by atoms with Crippen LogP contribution in [0, 0.1) is 0 Å². The summed E-state index contributed by atoms with van der Waals surface area (Å²) in [4.78, 5) is 36.0. The first-order valence-corrected chi connectivity index (χ1v) is 7.87. The van der Waals surface area contributed by atoms with Gasteiger partial charge >= 0.3 is 11.9 Å². The molecule has 0 radical (unpaired) electrons. The number of nitrogens with zero attached hydrogens (tertiary/aromatic N) is 2. The highest BCUT2D eigenvalue weighted by Crippen LogP contribution is 2.07. The number of aliphatic carboxylic acids is 2. The number of aryl methyl sites for hydroxylation is 2. The van der Waals surface area contributed by atoms with Crippen LogP contribution in [0.5, 0.6) is 0 Å². The van der Waals surface area contributed by atoms with Crippen LogP contribution in [-0.4, -0.2) is 54.2 Å². The molecule has 0 aliphatic rings. The normalized spacial score (nSPS) is 13.5. The van der Waals surface area contributed by atoms with Gasteiger partial charge in [-0.15, -0.1) is 0 Å². The number of imidazole rings is 2. The second kappa shape index (κ2) is 8.40. The third kappa shape index (κ3) is 5.69. The fourth-order valence-electron chi connectivity index (χ4n) is 2.34. The first kappa shape index (κ1) is 18.6. The molecule has 2 heterocycles. The number of carbonyl (C=O) groups is 2. The predicted molar refractivity (Wildman–Crippen MR) is 87.8 cm³/mol. The van der Waals surface area contributed by atoms with E-state index in [1.54, 1.807) is 12.4 Å². The van der Waals surface area contributed by atoms with Crippen LogP contribution >= 0.6 is 0 Å². The van der Waals surface area contributed by atoms with Crippen molar-refractivity contribution < 1.29 is 19.8 Å². The summed E-state index contributed by atoms with van der Waals surface area (Å²) in [5.41, 5.74) is 12.3. The van der Waals surface area contributed by atoms with Crippen LogP contribution in [0.4, 0.5) is 0 Å². The van der Waals surface area contributed by atoms with E-state index >= 15 is 0 Å². The summed E-state index contributed by atoms with van der Waals surface area (Å²) in [7, 11) is 0. The lowest BCUT2D eigenvalue weighted by molar-refractivity contribution is -0.139. The van der Waals surface area contributed by atoms with Crippen molar-refractivity contribution in [2.24, 2.45) is 11.5 Å². The number of rotatable bonds is 10. The molecule has 0 aliphatic heterocycles. The quantitative estimate of drug-likeness (QED) is 0.322. The zero-order valence-electron chi connectivity index (χ0n) is 13.6. The zero-order valence-corrected chi connectivity index (χ0v) is 13.6. The van der Waals surface area contributed by atoms with Gasteiger partial charge in [0.05, 0.1) is 0 Å². The Kier molecular flexibility index (Phi) is 6.25. The van der Waals surface area contributed by atoms with Gasteiger partial charge in [-0.2, -0.15) is 0 Å². The minimum absolute atomic E-state index is 0.202. The van der Waals surface area contributed by atoms with Gasteiger partial charge in [0.2, 0.25) is 0 Å². The molecule has 2 unspecified atom stereocenters. The van der Waals surface area contributed by atoms with Gasteiger partial charge in [0.1, 0.15) is 23.7 Å². The van der Waals surface area contributed by atoms with Gasteiger partial charge in [-0.25, -0.2) is 9.97 Å². The molecular formula is C15H22N6O4. The van der Waals surface area contributed by atoms with Crippen LogP contribution in [0.15, 0.2) is 12.4 Å². The molecule has 2 aromatic rings. The van der Waals surface area contributed by atoms with Crippen molar-refractivity contribution in [2.45, 2.75) is 44.2 Å². The van der Waals surface area contributed by atoms with Crippen LogP contribution in [0.1, 0.15) is 29.5 Å². The SMILES string of the molecule is NC(Cc1cnc(CCCc2ncc(CC(N)C(=O)O)[nH]2)[nH]1)C(=O)O. The maximum Gasteiger partial charge on any atom is 0.320 e. The number of nitrogens with one attached hydrogen (secondary N) is 2. The Labute approximate surface area is 143 Å². The van der Waals surface area contributed by atoms with Crippen LogP contribution in [0.3, 0.4) is 0 Å². The average molecular weight is 350 g/mol. The lowest BCUT2D eigenvalue weighted by Gasteiger charge is -2.03. The van der Waals surface area contributed by atoms with E-state index in [4.69, 9.17) is 21.7 Å². The topological polar surface area (TPSA) is 184 Å². The number of hydrogen-bond donors (Lipinski definition) is 6. The smallest absolute Gasteiger partial charge is 0.320 e. The molecule has 0 spiro atoms. The van der Waals surface area contributed by atoms with Gasteiger partial charge in [0, 0.05) is 49.5 Å². The van der Waals surface area contributed by atoms with E-state index in [-0.39, 0.29) is 12.8 Å². The second-order valence-corrected chi connectivity index (χ2v) is 5.86. The van der Waals surface area contributed by atoms with Crippen molar-refractivity contribution in [1.82, 2.24) is 19.9 Å². The molecule has 25 heavy (non-hydrogen) atoms. The van der Waals surface area contributed by atoms with Gasteiger partial charge in [-0.05, 0) is 6.42 Å². The first-order chi connectivity index (χ1) is 11.8. The van der Waals surface area contributed by atoms with Gasteiger partial charge in [-0.3, -0.25) is 9.59 Å². The fraction of sp³-hybridized carbons (Fsp3) is 0.467. The van der Waals surface area contributed by atoms with E-state index in [2.05, 4.69) is 19.9 Å². The fourth-order valence-corrected chi connectivity index (χ4v) is 2.34. The Morgan fingerprint density at radius 3 is 1.68 bits per heavy atom. The molecule has 10 nitrogen and oxygen atoms in total. The van der Waals surface area contributed by atoms with Crippen LogP contribution < -0.4 is 11.5 Å². The predicted octanol–water partition coefficient (Wildman–Crippen LogP) is -0.783. The highest BCUT2D eigenvalue weighted by atomic mass is 16.4. The number of aromatic nitrogens is 4. The van der Waals surface area contributed by atoms with Crippen LogP contribution in [-0.2, 0) is 35.3 Å². The first-order valence-electron chi connectivity index (χ1n) is 7.87. The van der Waals surface area contributed by atoms with Gasteiger partial charge in [-0.1, -0.05) is 0 Å². The number of carboxylic acid groups (broad SMARTS) is 2. The van der Waals surface area contributed by atoms with E-state index < -0.39 is 24.0 Å². The van der Waals surface area contributed by atoms with Crippen molar-refractivity contribution in [3.05, 3.63) is 35.4 Å².